The monoisotopic (exact) mass is 261 g/mol. The summed E-state index contributed by atoms with van der Waals surface area (Å²) >= 11 is 0. The predicted molar refractivity (Wildman–Crippen MR) is 76.6 cm³/mol. The summed E-state index contributed by atoms with van der Waals surface area (Å²) in [5, 5.41) is 11.5. The van der Waals surface area contributed by atoms with Crippen LogP contribution >= 0.6 is 0 Å². The first-order valence-electron chi connectivity index (χ1n) is 5.93. The highest BCUT2D eigenvalue weighted by atomic mass is 16.1. The third-order valence-electron chi connectivity index (χ3n) is 2.87. The quantitative estimate of drug-likeness (QED) is 0.838. The van der Waals surface area contributed by atoms with Crippen molar-refractivity contribution in [3.05, 3.63) is 70.6 Å². The molecule has 20 heavy (non-hydrogen) atoms. The Hall–Kier alpha value is -3.11. The van der Waals surface area contributed by atoms with Crippen molar-refractivity contribution >= 4 is 17.3 Å². The van der Waals surface area contributed by atoms with Gasteiger partial charge in [0.1, 0.15) is 0 Å². The molecule has 0 spiro atoms. The lowest BCUT2D eigenvalue weighted by molar-refractivity contribution is 0.102. The van der Waals surface area contributed by atoms with Gasteiger partial charge in [-0.3, -0.25) is 4.79 Å². The van der Waals surface area contributed by atoms with Crippen LogP contribution in [0.3, 0.4) is 0 Å². The van der Waals surface area contributed by atoms with E-state index in [1.54, 1.807) is 42.5 Å². The molecule has 0 atom stereocenters. The first-order chi connectivity index (χ1) is 9.63. The number of carbonyl (C=O) groups is 1. The molecule has 2 aromatic rings. The molecule has 0 saturated carbocycles. The van der Waals surface area contributed by atoms with Crippen molar-refractivity contribution in [2.45, 2.75) is 6.92 Å². The molecule has 0 aromatic heterocycles. The Labute approximate surface area is 117 Å². The normalized spacial score (nSPS) is 9.35. The highest BCUT2D eigenvalue weighted by Gasteiger charge is 2.10. The van der Waals surface area contributed by atoms with Crippen molar-refractivity contribution in [1.82, 2.24) is 0 Å². The number of rotatable bonds is 2. The van der Waals surface area contributed by atoms with Crippen LogP contribution in [0.4, 0.5) is 11.4 Å². The fourth-order valence-electron chi connectivity index (χ4n) is 1.75. The van der Waals surface area contributed by atoms with Crippen molar-refractivity contribution in [3.8, 4) is 6.07 Å². The van der Waals surface area contributed by atoms with E-state index in [0.29, 0.717) is 22.5 Å². The number of nitrogens with zero attached hydrogens (tertiary/aromatic N) is 2. The van der Waals surface area contributed by atoms with Gasteiger partial charge in [-0.25, -0.2) is 4.85 Å². The van der Waals surface area contributed by atoms with Crippen LogP contribution in [0.1, 0.15) is 21.5 Å². The smallest absolute Gasteiger partial charge is 0.254 e. The lowest BCUT2D eigenvalue weighted by Crippen LogP contribution is -2.13. The van der Waals surface area contributed by atoms with Gasteiger partial charge in [-0.2, -0.15) is 5.26 Å². The highest BCUT2D eigenvalue weighted by Crippen LogP contribution is 2.19. The van der Waals surface area contributed by atoms with E-state index in [0.717, 1.165) is 5.56 Å². The van der Waals surface area contributed by atoms with Gasteiger partial charge in [-0.15, -0.1) is 0 Å². The number of anilines is 1. The SMILES string of the molecule is [C-]#[N+]c1ccc(C)c(C(=O)Nc2ccc(C#N)cc2)c1. The summed E-state index contributed by atoms with van der Waals surface area (Å²) in [7, 11) is 0. The van der Waals surface area contributed by atoms with Crippen LogP contribution in [0.25, 0.3) is 4.85 Å². The molecule has 0 radical (unpaired) electrons. The van der Waals surface area contributed by atoms with Gasteiger partial charge in [-0.1, -0.05) is 12.1 Å². The van der Waals surface area contributed by atoms with Gasteiger partial charge < -0.3 is 5.32 Å². The van der Waals surface area contributed by atoms with E-state index in [1.165, 1.54) is 0 Å². The summed E-state index contributed by atoms with van der Waals surface area (Å²) in [6, 6.07) is 13.6. The number of carbonyl (C=O) groups excluding carboxylic acids is 1. The molecule has 1 N–H and O–H groups in total. The first-order valence-corrected chi connectivity index (χ1v) is 5.93. The Bertz CT molecular complexity index is 734. The first kappa shape index (κ1) is 13.3. The molecule has 2 rings (SSSR count). The average Bonchev–Trinajstić information content (AvgIpc) is 2.48. The Kier molecular flexibility index (Phi) is 3.79. The zero-order valence-corrected chi connectivity index (χ0v) is 10.8. The maximum atomic E-state index is 12.2. The fourth-order valence-corrected chi connectivity index (χ4v) is 1.75. The maximum absolute atomic E-state index is 12.2. The number of nitrogens with one attached hydrogen (secondary N) is 1. The minimum Gasteiger partial charge on any atom is -0.322 e. The van der Waals surface area contributed by atoms with Crippen LogP contribution in [0, 0.1) is 24.8 Å². The molecule has 0 heterocycles. The molecule has 0 bridgehead atoms. The predicted octanol–water partition coefficient (Wildman–Crippen LogP) is 3.67. The second kappa shape index (κ2) is 5.69. The van der Waals surface area contributed by atoms with Gasteiger partial charge in [0.15, 0.2) is 5.69 Å². The molecule has 4 nitrogen and oxygen atoms in total. The van der Waals surface area contributed by atoms with E-state index in [2.05, 4.69) is 10.2 Å². The zero-order valence-electron chi connectivity index (χ0n) is 10.8. The van der Waals surface area contributed by atoms with E-state index in [4.69, 9.17) is 11.8 Å². The van der Waals surface area contributed by atoms with Gasteiger partial charge in [0, 0.05) is 11.3 Å². The zero-order chi connectivity index (χ0) is 14.5. The van der Waals surface area contributed by atoms with Crippen molar-refractivity contribution in [1.29, 1.82) is 5.26 Å². The summed E-state index contributed by atoms with van der Waals surface area (Å²) in [5.74, 6) is -0.266. The van der Waals surface area contributed by atoms with Crippen LogP contribution < -0.4 is 5.32 Å². The maximum Gasteiger partial charge on any atom is 0.254 e. The standard InChI is InChI=1S/C16H11N3O/c1-11-3-6-14(18-2)9-15(11)16(20)19-13-7-4-12(10-17)5-8-13/h3-9H,1H3,(H,19,20). The van der Waals surface area contributed by atoms with Gasteiger partial charge >= 0.3 is 0 Å². The van der Waals surface area contributed by atoms with Crippen LogP contribution in [0.5, 0.6) is 0 Å². The summed E-state index contributed by atoms with van der Waals surface area (Å²) in [5.41, 5.74) is 2.86. The van der Waals surface area contributed by atoms with Crippen molar-refractivity contribution in [2.75, 3.05) is 5.32 Å². The summed E-state index contributed by atoms with van der Waals surface area (Å²) < 4.78 is 0. The fraction of sp³-hybridized carbons (Fsp3) is 0.0625. The van der Waals surface area contributed by atoms with E-state index >= 15 is 0 Å². The number of aryl methyl sites for hydroxylation is 1. The van der Waals surface area contributed by atoms with Crippen LogP contribution in [0.15, 0.2) is 42.5 Å². The molecule has 0 unspecified atom stereocenters. The van der Waals surface area contributed by atoms with Gasteiger partial charge in [-0.05, 0) is 42.8 Å². The molecule has 0 aliphatic heterocycles. The molecule has 0 saturated heterocycles. The van der Waals surface area contributed by atoms with Crippen molar-refractivity contribution < 1.29 is 4.79 Å². The number of nitriles is 1. The van der Waals surface area contributed by atoms with E-state index in [1.807, 2.05) is 13.0 Å². The van der Waals surface area contributed by atoms with Crippen molar-refractivity contribution in [2.24, 2.45) is 0 Å². The van der Waals surface area contributed by atoms with Gasteiger partial charge in [0.2, 0.25) is 0 Å². The molecule has 4 heteroatoms. The lowest BCUT2D eigenvalue weighted by Gasteiger charge is -2.08. The van der Waals surface area contributed by atoms with Gasteiger partial charge in [0.05, 0.1) is 18.2 Å². The number of benzene rings is 2. The Balaban J connectivity index is 2.24. The topological polar surface area (TPSA) is 57.2 Å². The molecule has 0 aliphatic rings. The highest BCUT2D eigenvalue weighted by molar-refractivity contribution is 6.05. The Morgan fingerprint density at radius 3 is 2.55 bits per heavy atom. The van der Waals surface area contributed by atoms with Crippen LogP contribution in [-0.4, -0.2) is 5.91 Å². The van der Waals surface area contributed by atoms with E-state index in [-0.39, 0.29) is 5.91 Å². The molecular weight excluding hydrogens is 250 g/mol. The second-order valence-electron chi connectivity index (χ2n) is 4.25. The molecular formula is C16H11N3O. The summed E-state index contributed by atoms with van der Waals surface area (Å²) in [6.45, 7) is 8.80. The van der Waals surface area contributed by atoms with Crippen LogP contribution in [0.2, 0.25) is 0 Å². The number of hydrogen-bond acceptors (Lipinski definition) is 2. The number of amides is 1. The molecule has 0 fully saturated rings. The summed E-state index contributed by atoms with van der Waals surface area (Å²) in [4.78, 5) is 15.5. The van der Waals surface area contributed by atoms with Crippen molar-refractivity contribution in [3.63, 3.8) is 0 Å². The second-order valence-corrected chi connectivity index (χ2v) is 4.25. The molecule has 0 aliphatic carbocycles. The molecule has 1 amide bonds. The average molecular weight is 261 g/mol. The van der Waals surface area contributed by atoms with E-state index in [9.17, 15) is 4.79 Å². The molecule has 2 aromatic carbocycles. The minimum absolute atomic E-state index is 0.266. The Morgan fingerprint density at radius 2 is 1.95 bits per heavy atom. The summed E-state index contributed by atoms with van der Waals surface area (Å²) in [6.07, 6.45) is 0. The van der Waals surface area contributed by atoms with Gasteiger partial charge in [0.25, 0.3) is 5.91 Å². The third-order valence-corrected chi connectivity index (χ3v) is 2.87. The number of hydrogen-bond donors (Lipinski definition) is 1. The van der Waals surface area contributed by atoms with Crippen LogP contribution in [-0.2, 0) is 0 Å². The van der Waals surface area contributed by atoms with E-state index < -0.39 is 0 Å². The minimum atomic E-state index is -0.266. The largest absolute Gasteiger partial charge is 0.322 e. The molecule has 96 valence electrons. The lowest BCUT2D eigenvalue weighted by atomic mass is 10.1. The third kappa shape index (κ3) is 2.82. The Morgan fingerprint density at radius 1 is 1.25 bits per heavy atom.